The Labute approximate surface area is 125 Å². The summed E-state index contributed by atoms with van der Waals surface area (Å²) in [5, 5.41) is 22.2. The Hall–Kier alpha value is -2.95. The van der Waals surface area contributed by atoms with Crippen LogP contribution in [0.1, 0.15) is 23.6 Å². The summed E-state index contributed by atoms with van der Waals surface area (Å²) < 4.78 is 15.0. The summed E-state index contributed by atoms with van der Waals surface area (Å²) in [6.45, 7) is 1.10. The van der Waals surface area contributed by atoms with Crippen LogP contribution in [0.5, 0.6) is 0 Å². The van der Waals surface area contributed by atoms with E-state index >= 15 is 0 Å². The van der Waals surface area contributed by atoms with Gasteiger partial charge in [0.2, 0.25) is 0 Å². The first-order valence-electron chi connectivity index (χ1n) is 6.83. The second-order valence-electron chi connectivity index (χ2n) is 4.90. The lowest BCUT2D eigenvalue weighted by Gasteiger charge is -2.09. The predicted octanol–water partition coefficient (Wildman–Crippen LogP) is 1.56. The molecule has 2 aromatic rings. The van der Waals surface area contributed by atoms with Gasteiger partial charge >= 0.3 is 6.03 Å². The smallest absolute Gasteiger partial charge is 0.319 e. The molecule has 3 rings (SSSR count). The molecule has 2 amide bonds. The zero-order chi connectivity index (χ0) is 15.5. The monoisotopic (exact) mass is 300 g/mol. The van der Waals surface area contributed by atoms with Crippen LogP contribution in [0, 0.1) is 17.1 Å². The maximum Gasteiger partial charge on any atom is 0.319 e. The van der Waals surface area contributed by atoms with E-state index in [0.29, 0.717) is 5.82 Å². The third-order valence-electron chi connectivity index (χ3n) is 3.44. The van der Waals surface area contributed by atoms with Crippen molar-refractivity contribution in [2.24, 2.45) is 0 Å². The first kappa shape index (κ1) is 14.0. The number of hydrogen-bond acceptors (Lipinski definition) is 4. The summed E-state index contributed by atoms with van der Waals surface area (Å²) in [6.07, 6.45) is 1.94. The number of hydrogen-bond donors (Lipinski definition) is 2. The number of urea groups is 1. The number of rotatable bonds is 3. The molecule has 22 heavy (non-hydrogen) atoms. The first-order valence-corrected chi connectivity index (χ1v) is 6.83. The lowest BCUT2D eigenvalue weighted by Crippen LogP contribution is -2.29. The first-order chi connectivity index (χ1) is 10.7. The van der Waals surface area contributed by atoms with E-state index in [-0.39, 0.29) is 17.8 Å². The Kier molecular flexibility index (Phi) is 3.70. The van der Waals surface area contributed by atoms with Crippen molar-refractivity contribution in [3.05, 3.63) is 41.2 Å². The molecule has 0 radical (unpaired) electrons. The second kappa shape index (κ2) is 5.81. The molecule has 0 saturated carbocycles. The maximum atomic E-state index is 13.0. The molecule has 112 valence electrons. The van der Waals surface area contributed by atoms with Crippen LogP contribution < -0.4 is 10.6 Å². The Bertz CT molecular complexity index is 763. The molecule has 2 heterocycles. The number of halogens is 1. The SMILES string of the molecule is N#Cc1cc(F)ccc1NC(=O)NCc1nnc2n1CCC2. The summed E-state index contributed by atoms with van der Waals surface area (Å²) in [6, 6.07) is 4.95. The largest absolute Gasteiger partial charge is 0.331 e. The Morgan fingerprint density at radius 3 is 3.14 bits per heavy atom. The van der Waals surface area contributed by atoms with Crippen LogP contribution >= 0.6 is 0 Å². The van der Waals surface area contributed by atoms with E-state index in [1.165, 1.54) is 12.1 Å². The lowest BCUT2D eigenvalue weighted by molar-refractivity contribution is 0.251. The Morgan fingerprint density at radius 1 is 1.45 bits per heavy atom. The van der Waals surface area contributed by atoms with Crippen molar-refractivity contribution in [2.75, 3.05) is 5.32 Å². The van der Waals surface area contributed by atoms with E-state index in [9.17, 15) is 9.18 Å². The van der Waals surface area contributed by atoms with Crippen molar-refractivity contribution in [2.45, 2.75) is 25.9 Å². The van der Waals surface area contributed by atoms with E-state index < -0.39 is 11.8 Å². The molecule has 1 aliphatic rings. The number of aromatic nitrogens is 3. The highest BCUT2D eigenvalue weighted by Gasteiger charge is 2.17. The molecule has 7 nitrogen and oxygen atoms in total. The van der Waals surface area contributed by atoms with Gasteiger partial charge in [0.15, 0.2) is 5.82 Å². The zero-order valence-electron chi connectivity index (χ0n) is 11.6. The summed E-state index contributed by atoms with van der Waals surface area (Å²) in [4.78, 5) is 11.9. The molecule has 0 aliphatic carbocycles. The van der Waals surface area contributed by atoms with Gasteiger partial charge in [-0.3, -0.25) is 0 Å². The van der Waals surface area contributed by atoms with Crippen molar-refractivity contribution in [1.29, 1.82) is 5.26 Å². The Balaban J connectivity index is 1.62. The van der Waals surface area contributed by atoms with Crippen molar-refractivity contribution in [1.82, 2.24) is 20.1 Å². The Morgan fingerprint density at radius 2 is 2.32 bits per heavy atom. The van der Waals surface area contributed by atoms with E-state index in [1.807, 2.05) is 10.6 Å². The normalized spacial score (nSPS) is 12.5. The number of nitrogens with one attached hydrogen (secondary N) is 2. The van der Waals surface area contributed by atoms with Gasteiger partial charge in [0.25, 0.3) is 0 Å². The average Bonchev–Trinajstić information content (AvgIpc) is 3.10. The summed E-state index contributed by atoms with van der Waals surface area (Å²) in [5.41, 5.74) is 0.325. The van der Waals surface area contributed by atoms with E-state index in [4.69, 9.17) is 5.26 Å². The van der Waals surface area contributed by atoms with Gasteiger partial charge in [-0.2, -0.15) is 5.26 Å². The van der Waals surface area contributed by atoms with Gasteiger partial charge in [-0.1, -0.05) is 0 Å². The molecule has 0 atom stereocenters. The van der Waals surface area contributed by atoms with Crippen LogP contribution in [0.2, 0.25) is 0 Å². The molecule has 1 aromatic carbocycles. The number of nitrogens with zero attached hydrogens (tertiary/aromatic N) is 4. The number of anilines is 1. The molecule has 0 bridgehead atoms. The number of amides is 2. The lowest BCUT2D eigenvalue weighted by atomic mass is 10.2. The fourth-order valence-electron chi connectivity index (χ4n) is 2.39. The van der Waals surface area contributed by atoms with Gasteiger partial charge in [-0.25, -0.2) is 9.18 Å². The fourth-order valence-corrected chi connectivity index (χ4v) is 2.39. The van der Waals surface area contributed by atoms with Crippen molar-refractivity contribution >= 4 is 11.7 Å². The van der Waals surface area contributed by atoms with Crippen molar-refractivity contribution < 1.29 is 9.18 Å². The van der Waals surface area contributed by atoms with E-state index in [2.05, 4.69) is 20.8 Å². The van der Waals surface area contributed by atoms with E-state index in [0.717, 1.165) is 31.3 Å². The highest BCUT2D eigenvalue weighted by molar-refractivity contribution is 5.90. The number of carbonyl (C=O) groups excluding carboxylic acids is 1. The number of nitriles is 1. The minimum absolute atomic E-state index is 0.0681. The fraction of sp³-hybridized carbons (Fsp3) is 0.286. The van der Waals surface area contributed by atoms with Crippen molar-refractivity contribution in [3.63, 3.8) is 0 Å². The van der Waals surface area contributed by atoms with Crippen LogP contribution in [-0.2, 0) is 19.5 Å². The molecule has 0 spiro atoms. The minimum atomic E-state index is -0.526. The third kappa shape index (κ3) is 2.74. The predicted molar refractivity (Wildman–Crippen MR) is 75.3 cm³/mol. The van der Waals surface area contributed by atoms with Crippen LogP contribution in [0.3, 0.4) is 0 Å². The van der Waals surface area contributed by atoms with Crippen LogP contribution in [0.25, 0.3) is 0 Å². The zero-order valence-corrected chi connectivity index (χ0v) is 11.6. The number of benzene rings is 1. The summed E-state index contributed by atoms with van der Waals surface area (Å²) in [5.74, 6) is 1.10. The number of carbonyl (C=O) groups is 1. The molecule has 1 aliphatic heterocycles. The topological polar surface area (TPSA) is 95.6 Å². The standard InChI is InChI=1S/C14H13FN6O/c15-10-3-4-11(9(6-10)7-16)18-14(22)17-8-13-20-19-12-2-1-5-21(12)13/h3-4,6H,1-2,5,8H2,(H2,17,18,22). The molecule has 1 aromatic heterocycles. The van der Waals surface area contributed by atoms with Crippen molar-refractivity contribution in [3.8, 4) is 6.07 Å². The number of aryl methyl sites for hydroxylation is 1. The van der Waals surface area contributed by atoms with Gasteiger partial charge < -0.3 is 15.2 Å². The summed E-state index contributed by atoms with van der Waals surface area (Å²) >= 11 is 0. The van der Waals surface area contributed by atoms with Gasteiger partial charge in [0.05, 0.1) is 17.8 Å². The van der Waals surface area contributed by atoms with Gasteiger partial charge in [0, 0.05) is 13.0 Å². The maximum absolute atomic E-state index is 13.0. The molecular formula is C14H13FN6O. The third-order valence-corrected chi connectivity index (χ3v) is 3.44. The van der Waals surface area contributed by atoms with Gasteiger partial charge in [-0.05, 0) is 24.6 Å². The molecule has 2 N–H and O–H groups in total. The number of fused-ring (bicyclic) bond motifs is 1. The van der Waals surface area contributed by atoms with Gasteiger partial charge in [0.1, 0.15) is 17.7 Å². The van der Waals surface area contributed by atoms with E-state index in [1.54, 1.807) is 0 Å². The highest BCUT2D eigenvalue weighted by atomic mass is 19.1. The molecule has 0 fully saturated rings. The molecule has 0 unspecified atom stereocenters. The van der Waals surface area contributed by atoms with Gasteiger partial charge in [-0.15, -0.1) is 10.2 Å². The minimum Gasteiger partial charge on any atom is -0.331 e. The van der Waals surface area contributed by atoms with Crippen LogP contribution in [0.15, 0.2) is 18.2 Å². The molecule has 0 saturated heterocycles. The van der Waals surface area contributed by atoms with Crippen LogP contribution in [0.4, 0.5) is 14.9 Å². The quantitative estimate of drug-likeness (QED) is 0.899. The highest BCUT2D eigenvalue weighted by Crippen LogP contribution is 2.16. The molecular weight excluding hydrogens is 287 g/mol. The summed E-state index contributed by atoms with van der Waals surface area (Å²) in [7, 11) is 0. The average molecular weight is 300 g/mol. The van der Waals surface area contributed by atoms with Crippen LogP contribution in [-0.4, -0.2) is 20.8 Å². The molecule has 8 heteroatoms. The second-order valence-corrected chi connectivity index (χ2v) is 4.90.